The monoisotopic (exact) mass is 455 g/mol. The summed E-state index contributed by atoms with van der Waals surface area (Å²) in [6.07, 6.45) is 1.43. The van der Waals surface area contributed by atoms with Crippen LogP contribution in [0.3, 0.4) is 0 Å². The molecule has 2 N–H and O–H groups in total. The highest BCUT2D eigenvalue weighted by molar-refractivity contribution is 6.40. The normalized spacial score (nSPS) is 10.7. The summed E-state index contributed by atoms with van der Waals surface area (Å²) in [4.78, 5) is 23.9. The predicted octanol–water partition coefficient (Wildman–Crippen LogP) is 4.97. The molecule has 0 atom stereocenters. The Morgan fingerprint density at radius 3 is 2.39 bits per heavy atom. The fourth-order valence-corrected chi connectivity index (χ4v) is 2.84. The Bertz CT molecular complexity index is 1100. The SMILES string of the molecule is Cc1c(Cl)cccc1NC(=O)C(=O)N/N=C\c1ccc(OCc2ccc(Cl)cc2)cc1. The van der Waals surface area contributed by atoms with E-state index in [1.807, 2.05) is 24.3 Å². The number of hydrogen-bond donors (Lipinski definition) is 2. The molecule has 0 fully saturated rings. The van der Waals surface area contributed by atoms with E-state index in [-0.39, 0.29) is 0 Å². The Morgan fingerprint density at radius 1 is 0.968 bits per heavy atom. The number of amides is 2. The first-order valence-corrected chi connectivity index (χ1v) is 10.0. The van der Waals surface area contributed by atoms with E-state index in [4.69, 9.17) is 27.9 Å². The molecule has 3 aromatic carbocycles. The minimum Gasteiger partial charge on any atom is -0.489 e. The second kappa shape index (κ2) is 10.6. The molecule has 0 bridgehead atoms. The van der Waals surface area contributed by atoms with Crippen molar-refractivity contribution in [2.24, 2.45) is 5.10 Å². The van der Waals surface area contributed by atoms with Gasteiger partial charge >= 0.3 is 11.8 Å². The van der Waals surface area contributed by atoms with Crippen LogP contribution in [-0.2, 0) is 16.2 Å². The van der Waals surface area contributed by atoms with Gasteiger partial charge in [0.25, 0.3) is 0 Å². The van der Waals surface area contributed by atoms with Crippen LogP contribution in [0.25, 0.3) is 0 Å². The first-order valence-electron chi connectivity index (χ1n) is 9.29. The van der Waals surface area contributed by atoms with E-state index in [0.29, 0.717) is 33.7 Å². The van der Waals surface area contributed by atoms with Gasteiger partial charge in [-0.1, -0.05) is 41.4 Å². The zero-order valence-electron chi connectivity index (χ0n) is 16.6. The Labute approximate surface area is 189 Å². The summed E-state index contributed by atoms with van der Waals surface area (Å²) in [6, 6.07) is 19.6. The van der Waals surface area contributed by atoms with E-state index in [2.05, 4.69) is 15.8 Å². The molecule has 31 heavy (non-hydrogen) atoms. The summed E-state index contributed by atoms with van der Waals surface area (Å²) in [6.45, 7) is 2.17. The highest BCUT2D eigenvalue weighted by atomic mass is 35.5. The van der Waals surface area contributed by atoms with Crippen molar-refractivity contribution in [2.45, 2.75) is 13.5 Å². The van der Waals surface area contributed by atoms with Crippen LogP contribution in [0.5, 0.6) is 5.75 Å². The summed E-state index contributed by atoms with van der Waals surface area (Å²) >= 11 is 11.9. The van der Waals surface area contributed by atoms with Gasteiger partial charge in [0.05, 0.1) is 6.21 Å². The third kappa shape index (κ3) is 6.57. The van der Waals surface area contributed by atoms with Crippen LogP contribution in [0, 0.1) is 6.92 Å². The highest BCUT2D eigenvalue weighted by Crippen LogP contribution is 2.22. The van der Waals surface area contributed by atoms with Crippen LogP contribution in [0.4, 0.5) is 5.69 Å². The molecule has 6 nitrogen and oxygen atoms in total. The van der Waals surface area contributed by atoms with E-state index in [9.17, 15) is 9.59 Å². The van der Waals surface area contributed by atoms with Gasteiger partial charge in [0.1, 0.15) is 12.4 Å². The lowest BCUT2D eigenvalue weighted by molar-refractivity contribution is -0.136. The Balaban J connectivity index is 1.48. The van der Waals surface area contributed by atoms with Gasteiger partial charge in [-0.2, -0.15) is 5.10 Å². The number of nitrogens with zero attached hydrogens (tertiary/aromatic N) is 1. The maximum absolute atomic E-state index is 12.0. The van der Waals surface area contributed by atoms with Crippen molar-refractivity contribution in [2.75, 3.05) is 5.32 Å². The molecule has 0 aliphatic rings. The van der Waals surface area contributed by atoms with E-state index in [0.717, 1.165) is 11.1 Å². The lowest BCUT2D eigenvalue weighted by Gasteiger charge is -2.08. The third-order valence-electron chi connectivity index (χ3n) is 4.30. The molecule has 0 saturated heterocycles. The third-order valence-corrected chi connectivity index (χ3v) is 4.96. The van der Waals surface area contributed by atoms with Crippen molar-refractivity contribution in [3.63, 3.8) is 0 Å². The smallest absolute Gasteiger partial charge is 0.329 e. The Hall–Kier alpha value is -3.35. The predicted molar refractivity (Wildman–Crippen MR) is 123 cm³/mol. The highest BCUT2D eigenvalue weighted by Gasteiger charge is 2.14. The van der Waals surface area contributed by atoms with Gasteiger partial charge < -0.3 is 10.1 Å². The number of benzene rings is 3. The van der Waals surface area contributed by atoms with E-state index in [1.165, 1.54) is 6.21 Å². The molecular formula is C23H19Cl2N3O3. The van der Waals surface area contributed by atoms with Gasteiger partial charge in [-0.25, -0.2) is 5.43 Å². The first kappa shape index (κ1) is 22.3. The quantitative estimate of drug-likeness (QED) is 0.312. The molecule has 0 radical (unpaired) electrons. The number of ether oxygens (including phenoxy) is 1. The van der Waals surface area contributed by atoms with Crippen molar-refractivity contribution in [3.8, 4) is 5.75 Å². The number of carbonyl (C=O) groups excluding carboxylic acids is 2. The van der Waals surface area contributed by atoms with Crippen molar-refractivity contribution >= 4 is 46.9 Å². The van der Waals surface area contributed by atoms with E-state index >= 15 is 0 Å². The molecule has 3 aromatic rings. The minimum atomic E-state index is -0.890. The summed E-state index contributed by atoms with van der Waals surface area (Å²) in [5.74, 6) is -1.04. The Kier molecular flexibility index (Phi) is 7.65. The van der Waals surface area contributed by atoms with Gasteiger partial charge in [-0.15, -0.1) is 0 Å². The summed E-state index contributed by atoms with van der Waals surface area (Å²) < 4.78 is 5.72. The number of carbonyl (C=O) groups is 2. The minimum absolute atomic E-state index is 0.419. The number of hydrogen-bond acceptors (Lipinski definition) is 4. The largest absolute Gasteiger partial charge is 0.489 e. The molecule has 0 spiro atoms. The van der Waals surface area contributed by atoms with Gasteiger partial charge in [0, 0.05) is 15.7 Å². The van der Waals surface area contributed by atoms with Gasteiger partial charge in [0.2, 0.25) is 0 Å². The molecule has 8 heteroatoms. The lowest BCUT2D eigenvalue weighted by atomic mass is 10.2. The fraction of sp³-hybridized carbons (Fsp3) is 0.0870. The first-order chi connectivity index (χ1) is 14.9. The van der Waals surface area contributed by atoms with Crippen LogP contribution in [0.15, 0.2) is 71.8 Å². The van der Waals surface area contributed by atoms with Gasteiger partial charge in [0.15, 0.2) is 0 Å². The van der Waals surface area contributed by atoms with Gasteiger partial charge in [-0.3, -0.25) is 9.59 Å². The maximum atomic E-state index is 12.0. The van der Waals surface area contributed by atoms with Crippen LogP contribution in [-0.4, -0.2) is 18.0 Å². The van der Waals surface area contributed by atoms with Crippen LogP contribution in [0.1, 0.15) is 16.7 Å². The van der Waals surface area contributed by atoms with E-state index in [1.54, 1.807) is 49.4 Å². The molecule has 0 saturated carbocycles. The summed E-state index contributed by atoms with van der Waals surface area (Å²) in [5, 5.41) is 7.49. The molecule has 0 unspecified atom stereocenters. The lowest BCUT2D eigenvalue weighted by Crippen LogP contribution is -2.32. The molecule has 0 aliphatic heterocycles. The van der Waals surface area contributed by atoms with Crippen molar-refractivity contribution in [1.82, 2.24) is 5.43 Å². The van der Waals surface area contributed by atoms with Crippen LogP contribution >= 0.6 is 23.2 Å². The van der Waals surface area contributed by atoms with E-state index < -0.39 is 11.8 Å². The number of hydrazone groups is 1. The molecule has 2 amide bonds. The number of nitrogens with one attached hydrogen (secondary N) is 2. The molecule has 3 rings (SSSR count). The number of halogens is 2. The van der Waals surface area contributed by atoms with Crippen molar-refractivity contribution < 1.29 is 14.3 Å². The standard InChI is InChI=1S/C23H19Cl2N3O3/c1-15-20(25)3-2-4-21(15)27-22(29)23(30)28-26-13-16-7-11-19(12-8-16)31-14-17-5-9-18(24)10-6-17/h2-13H,14H2,1H3,(H,27,29)(H,28,30)/b26-13-. The summed E-state index contributed by atoms with van der Waals surface area (Å²) in [7, 11) is 0. The van der Waals surface area contributed by atoms with Crippen molar-refractivity contribution in [1.29, 1.82) is 0 Å². The molecule has 0 aliphatic carbocycles. The topological polar surface area (TPSA) is 79.8 Å². The van der Waals surface area contributed by atoms with Crippen LogP contribution in [0.2, 0.25) is 10.0 Å². The second-order valence-corrected chi connectivity index (χ2v) is 7.39. The number of anilines is 1. The van der Waals surface area contributed by atoms with Gasteiger partial charge in [-0.05, 0) is 72.1 Å². The molecule has 0 heterocycles. The van der Waals surface area contributed by atoms with Crippen LogP contribution < -0.4 is 15.5 Å². The second-order valence-electron chi connectivity index (χ2n) is 6.55. The fourth-order valence-electron chi connectivity index (χ4n) is 2.54. The Morgan fingerprint density at radius 2 is 1.68 bits per heavy atom. The molecule has 0 aromatic heterocycles. The average Bonchev–Trinajstić information content (AvgIpc) is 2.77. The maximum Gasteiger partial charge on any atom is 0.329 e. The number of rotatable bonds is 6. The van der Waals surface area contributed by atoms with Crippen molar-refractivity contribution in [3.05, 3.63) is 93.5 Å². The summed E-state index contributed by atoms with van der Waals surface area (Å²) in [5.41, 5.74) is 5.06. The molecule has 158 valence electrons. The zero-order valence-corrected chi connectivity index (χ0v) is 18.1. The average molecular weight is 456 g/mol. The molecular weight excluding hydrogens is 437 g/mol. The zero-order chi connectivity index (χ0) is 22.2.